The van der Waals surface area contributed by atoms with Crippen molar-refractivity contribution < 1.29 is 9.59 Å². The zero-order chi connectivity index (χ0) is 17.6. The van der Waals surface area contributed by atoms with E-state index in [0.717, 1.165) is 18.5 Å². The highest BCUT2D eigenvalue weighted by atomic mass is 16.2. The molecule has 2 aromatic rings. The maximum absolute atomic E-state index is 12.1. The molecule has 3 amide bonds. The third-order valence-corrected chi connectivity index (χ3v) is 4.03. The lowest BCUT2D eigenvalue weighted by Crippen LogP contribution is -2.38. The largest absolute Gasteiger partial charge is 0.338 e. The van der Waals surface area contributed by atoms with Crippen molar-refractivity contribution in [2.24, 2.45) is 0 Å². The van der Waals surface area contributed by atoms with Gasteiger partial charge < -0.3 is 15.5 Å². The Balaban J connectivity index is 1.52. The van der Waals surface area contributed by atoms with Gasteiger partial charge in [-0.25, -0.2) is 9.78 Å². The first-order valence-corrected chi connectivity index (χ1v) is 8.37. The number of amides is 3. The quantitative estimate of drug-likeness (QED) is 0.834. The molecule has 1 fully saturated rings. The summed E-state index contributed by atoms with van der Waals surface area (Å²) in [5.41, 5.74) is 1.71. The summed E-state index contributed by atoms with van der Waals surface area (Å²) in [6.07, 6.45) is 4.62. The fourth-order valence-corrected chi connectivity index (χ4v) is 2.88. The third kappa shape index (κ3) is 4.79. The van der Waals surface area contributed by atoms with E-state index >= 15 is 0 Å². The van der Waals surface area contributed by atoms with Crippen molar-refractivity contribution in [3.8, 4) is 0 Å². The molecular formula is C17H22N6O2. The van der Waals surface area contributed by atoms with Crippen LogP contribution >= 0.6 is 0 Å². The van der Waals surface area contributed by atoms with Crippen LogP contribution in [0.25, 0.3) is 0 Å². The summed E-state index contributed by atoms with van der Waals surface area (Å²) < 4.78 is 1.67. The summed E-state index contributed by atoms with van der Waals surface area (Å²) in [6, 6.07) is 7.20. The van der Waals surface area contributed by atoms with Crippen molar-refractivity contribution >= 4 is 17.6 Å². The number of nitrogens with one attached hydrogen (secondary N) is 2. The van der Waals surface area contributed by atoms with E-state index in [0.29, 0.717) is 25.2 Å². The molecule has 1 aliphatic rings. The van der Waals surface area contributed by atoms with Gasteiger partial charge in [-0.3, -0.25) is 9.48 Å². The van der Waals surface area contributed by atoms with Crippen molar-refractivity contribution in [2.45, 2.75) is 38.9 Å². The normalized spacial score (nSPS) is 15.2. The second kappa shape index (κ2) is 7.78. The number of carbonyl (C=O) groups is 2. The minimum Gasteiger partial charge on any atom is -0.338 e. The average Bonchev–Trinajstić information content (AvgIpc) is 3.20. The molecule has 1 aromatic carbocycles. The van der Waals surface area contributed by atoms with E-state index < -0.39 is 0 Å². The smallest absolute Gasteiger partial charge is 0.319 e. The maximum atomic E-state index is 12.1. The Labute approximate surface area is 146 Å². The molecular weight excluding hydrogens is 320 g/mol. The molecule has 25 heavy (non-hydrogen) atoms. The van der Waals surface area contributed by atoms with Crippen molar-refractivity contribution in [2.75, 3.05) is 11.9 Å². The van der Waals surface area contributed by atoms with Crippen molar-refractivity contribution in [1.29, 1.82) is 0 Å². The number of carbonyl (C=O) groups excluding carboxylic acids is 2. The molecule has 0 bridgehead atoms. The van der Waals surface area contributed by atoms with Crippen LogP contribution in [-0.4, -0.2) is 44.2 Å². The van der Waals surface area contributed by atoms with Crippen molar-refractivity contribution in [3.63, 3.8) is 0 Å². The molecule has 1 saturated heterocycles. The monoisotopic (exact) mass is 342 g/mol. The third-order valence-electron chi connectivity index (χ3n) is 4.03. The maximum Gasteiger partial charge on any atom is 0.319 e. The van der Waals surface area contributed by atoms with E-state index in [1.54, 1.807) is 11.0 Å². The Hall–Kier alpha value is -2.90. The summed E-state index contributed by atoms with van der Waals surface area (Å²) in [6.45, 7) is 3.83. The first-order chi connectivity index (χ1) is 12.1. The molecule has 0 aliphatic carbocycles. The van der Waals surface area contributed by atoms with Gasteiger partial charge in [0.05, 0.1) is 6.54 Å². The molecule has 8 nitrogen and oxygen atoms in total. The van der Waals surface area contributed by atoms with Crippen molar-refractivity contribution in [3.05, 3.63) is 42.5 Å². The second-order valence-corrected chi connectivity index (χ2v) is 6.24. The Morgan fingerprint density at radius 2 is 2.28 bits per heavy atom. The SMILES string of the molecule is C[C@H](Cn1cncn1)NC(=O)Nc1cccc(CN2CCCC2=O)c1. The molecule has 0 spiro atoms. The number of nitrogens with zero attached hydrogens (tertiary/aromatic N) is 4. The fraction of sp³-hybridized carbons (Fsp3) is 0.412. The Morgan fingerprint density at radius 3 is 3.00 bits per heavy atom. The fourth-order valence-electron chi connectivity index (χ4n) is 2.88. The first-order valence-electron chi connectivity index (χ1n) is 8.37. The lowest BCUT2D eigenvalue weighted by molar-refractivity contribution is -0.128. The van der Waals surface area contributed by atoms with Gasteiger partial charge in [0, 0.05) is 31.2 Å². The van der Waals surface area contributed by atoms with Crippen LogP contribution in [0.1, 0.15) is 25.3 Å². The molecule has 2 N–H and O–H groups in total. The number of hydrogen-bond donors (Lipinski definition) is 2. The van der Waals surface area contributed by atoms with Gasteiger partial charge in [0.2, 0.25) is 5.91 Å². The highest BCUT2D eigenvalue weighted by molar-refractivity contribution is 5.89. The standard InChI is InChI=1S/C17H22N6O2/c1-13(9-23-12-18-11-19-23)20-17(25)21-15-5-2-4-14(8-15)10-22-7-3-6-16(22)24/h2,4-5,8,11-13H,3,6-7,9-10H2,1H3,(H2,20,21,25)/t13-/m1/s1. The van der Waals surface area contributed by atoms with Gasteiger partial charge >= 0.3 is 6.03 Å². The lowest BCUT2D eigenvalue weighted by atomic mass is 10.2. The molecule has 8 heteroatoms. The van der Waals surface area contributed by atoms with Crippen LogP contribution in [0.4, 0.5) is 10.5 Å². The molecule has 3 rings (SSSR count). The Bertz CT molecular complexity index is 730. The van der Waals surface area contributed by atoms with Crippen LogP contribution in [0.5, 0.6) is 0 Å². The van der Waals surface area contributed by atoms with Crippen LogP contribution < -0.4 is 10.6 Å². The van der Waals surface area contributed by atoms with Gasteiger partial charge in [-0.05, 0) is 31.0 Å². The summed E-state index contributed by atoms with van der Waals surface area (Å²) in [4.78, 5) is 29.6. The van der Waals surface area contributed by atoms with Gasteiger partial charge in [-0.15, -0.1) is 0 Å². The van der Waals surface area contributed by atoms with E-state index in [9.17, 15) is 9.59 Å². The first kappa shape index (κ1) is 16.9. The second-order valence-electron chi connectivity index (χ2n) is 6.24. The molecule has 1 aliphatic heterocycles. The predicted octanol–water partition coefficient (Wildman–Crippen LogP) is 1.61. The number of hydrogen-bond acceptors (Lipinski definition) is 4. The van der Waals surface area contributed by atoms with E-state index in [1.807, 2.05) is 36.1 Å². The number of urea groups is 1. The zero-order valence-corrected chi connectivity index (χ0v) is 14.2. The van der Waals surface area contributed by atoms with E-state index in [2.05, 4.69) is 20.7 Å². The van der Waals surface area contributed by atoms with Gasteiger partial charge in [-0.2, -0.15) is 5.10 Å². The van der Waals surface area contributed by atoms with Gasteiger partial charge in [0.1, 0.15) is 12.7 Å². The van der Waals surface area contributed by atoms with E-state index in [1.165, 1.54) is 6.33 Å². The highest BCUT2D eigenvalue weighted by Crippen LogP contribution is 2.17. The van der Waals surface area contributed by atoms with E-state index in [-0.39, 0.29) is 18.0 Å². The molecule has 0 unspecified atom stereocenters. The van der Waals surface area contributed by atoms with Gasteiger partial charge in [-0.1, -0.05) is 12.1 Å². The number of aromatic nitrogens is 3. The highest BCUT2D eigenvalue weighted by Gasteiger charge is 2.20. The number of benzene rings is 1. The topological polar surface area (TPSA) is 92.2 Å². The number of likely N-dealkylation sites (tertiary alicyclic amines) is 1. The van der Waals surface area contributed by atoms with Gasteiger partial charge in [0.15, 0.2) is 0 Å². The number of anilines is 1. The van der Waals surface area contributed by atoms with Crippen LogP contribution in [-0.2, 0) is 17.9 Å². The minimum atomic E-state index is -0.276. The van der Waals surface area contributed by atoms with Crippen LogP contribution in [0.3, 0.4) is 0 Å². The van der Waals surface area contributed by atoms with Crippen LogP contribution in [0, 0.1) is 0 Å². The summed E-state index contributed by atoms with van der Waals surface area (Å²) in [5, 5.41) is 9.71. The zero-order valence-electron chi connectivity index (χ0n) is 14.2. The summed E-state index contributed by atoms with van der Waals surface area (Å²) in [7, 11) is 0. The Morgan fingerprint density at radius 1 is 1.40 bits per heavy atom. The average molecular weight is 342 g/mol. The number of rotatable bonds is 6. The molecule has 0 saturated carbocycles. The van der Waals surface area contributed by atoms with Crippen LogP contribution in [0.2, 0.25) is 0 Å². The Kier molecular flexibility index (Phi) is 5.27. The summed E-state index contributed by atoms with van der Waals surface area (Å²) in [5.74, 6) is 0.193. The van der Waals surface area contributed by atoms with Gasteiger partial charge in [0.25, 0.3) is 0 Å². The molecule has 1 atom stereocenters. The molecule has 132 valence electrons. The van der Waals surface area contributed by atoms with Crippen LogP contribution in [0.15, 0.2) is 36.9 Å². The van der Waals surface area contributed by atoms with E-state index in [4.69, 9.17) is 0 Å². The lowest BCUT2D eigenvalue weighted by Gasteiger charge is -2.17. The molecule has 1 aromatic heterocycles. The predicted molar refractivity (Wildman–Crippen MR) is 92.7 cm³/mol. The minimum absolute atomic E-state index is 0.0906. The molecule has 2 heterocycles. The van der Waals surface area contributed by atoms with Crippen molar-refractivity contribution in [1.82, 2.24) is 25.0 Å². The molecule has 0 radical (unpaired) electrons. The summed E-state index contributed by atoms with van der Waals surface area (Å²) >= 11 is 0.